The van der Waals surface area contributed by atoms with Crippen LogP contribution in [0.2, 0.25) is 0 Å². The SMILES string of the molecule is O=C(CCC(F)(F)F)N[C@@H]1CCOC[C@H]1OCc1cscn1. The number of carbonyl (C=O) groups excluding carboxylic acids is 1. The van der Waals surface area contributed by atoms with E-state index in [1.54, 1.807) is 5.51 Å². The van der Waals surface area contributed by atoms with Crippen LogP contribution < -0.4 is 5.32 Å². The number of rotatable bonds is 6. The van der Waals surface area contributed by atoms with Crippen molar-refractivity contribution in [1.82, 2.24) is 10.3 Å². The van der Waals surface area contributed by atoms with Crippen molar-refractivity contribution >= 4 is 17.2 Å². The molecule has 1 saturated heterocycles. The fraction of sp³-hybridized carbons (Fsp3) is 0.692. The van der Waals surface area contributed by atoms with Crippen molar-refractivity contribution in [2.75, 3.05) is 13.2 Å². The predicted octanol–water partition coefficient (Wildman–Crippen LogP) is 2.28. The Morgan fingerprint density at radius 3 is 3.05 bits per heavy atom. The van der Waals surface area contributed by atoms with Crippen LogP contribution >= 0.6 is 11.3 Å². The lowest BCUT2D eigenvalue weighted by molar-refractivity contribution is -0.146. The molecule has 1 aromatic rings. The molecule has 1 fully saturated rings. The first-order chi connectivity index (χ1) is 10.4. The van der Waals surface area contributed by atoms with Gasteiger partial charge in [0.05, 0.1) is 36.9 Å². The second kappa shape index (κ2) is 7.89. The van der Waals surface area contributed by atoms with Gasteiger partial charge in [-0.15, -0.1) is 11.3 Å². The molecule has 5 nitrogen and oxygen atoms in total. The number of hydrogen-bond acceptors (Lipinski definition) is 5. The molecular formula is C13H17F3N2O3S. The molecule has 1 aromatic heterocycles. The molecule has 2 atom stereocenters. The Morgan fingerprint density at radius 2 is 2.36 bits per heavy atom. The first-order valence-corrected chi connectivity index (χ1v) is 7.81. The molecule has 1 aliphatic heterocycles. The normalized spacial score (nSPS) is 22.5. The number of halogens is 3. The Kier molecular flexibility index (Phi) is 6.16. The van der Waals surface area contributed by atoms with E-state index in [-0.39, 0.29) is 18.8 Å². The summed E-state index contributed by atoms with van der Waals surface area (Å²) >= 11 is 1.45. The number of nitrogens with one attached hydrogen (secondary N) is 1. The lowest BCUT2D eigenvalue weighted by atomic mass is 10.1. The smallest absolute Gasteiger partial charge is 0.379 e. The molecule has 0 radical (unpaired) electrons. The maximum atomic E-state index is 12.1. The van der Waals surface area contributed by atoms with E-state index in [2.05, 4.69) is 10.3 Å². The number of ether oxygens (including phenoxy) is 2. The third-order valence-electron chi connectivity index (χ3n) is 3.21. The third kappa shape index (κ3) is 5.90. The van der Waals surface area contributed by atoms with Gasteiger partial charge in [0.2, 0.25) is 5.91 Å². The summed E-state index contributed by atoms with van der Waals surface area (Å²) in [5, 5.41) is 4.46. The van der Waals surface area contributed by atoms with Crippen LogP contribution in [0.4, 0.5) is 13.2 Å². The monoisotopic (exact) mass is 338 g/mol. The highest BCUT2D eigenvalue weighted by Gasteiger charge is 2.31. The molecule has 124 valence electrons. The topological polar surface area (TPSA) is 60.5 Å². The largest absolute Gasteiger partial charge is 0.389 e. The average Bonchev–Trinajstić information content (AvgIpc) is 2.97. The van der Waals surface area contributed by atoms with Gasteiger partial charge in [-0.2, -0.15) is 13.2 Å². The van der Waals surface area contributed by atoms with E-state index in [0.29, 0.717) is 19.6 Å². The van der Waals surface area contributed by atoms with Crippen molar-refractivity contribution in [2.45, 2.75) is 44.2 Å². The highest BCUT2D eigenvalue weighted by Crippen LogP contribution is 2.21. The minimum atomic E-state index is -4.33. The molecule has 2 heterocycles. The summed E-state index contributed by atoms with van der Waals surface area (Å²) in [6, 6.07) is -0.340. The van der Waals surface area contributed by atoms with E-state index < -0.39 is 24.9 Å². The number of thiazole rings is 1. The van der Waals surface area contributed by atoms with Crippen molar-refractivity contribution < 1.29 is 27.4 Å². The van der Waals surface area contributed by atoms with Gasteiger partial charge in [0.15, 0.2) is 0 Å². The molecule has 0 aliphatic carbocycles. The summed E-state index contributed by atoms with van der Waals surface area (Å²) in [5.41, 5.74) is 2.46. The summed E-state index contributed by atoms with van der Waals surface area (Å²) in [7, 11) is 0. The average molecular weight is 338 g/mol. The van der Waals surface area contributed by atoms with E-state index >= 15 is 0 Å². The number of aromatic nitrogens is 1. The van der Waals surface area contributed by atoms with Crippen LogP contribution in [0, 0.1) is 0 Å². The summed E-state index contributed by atoms with van der Waals surface area (Å²) in [6.07, 6.45) is -5.88. The van der Waals surface area contributed by atoms with Gasteiger partial charge in [-0.3, -0.25) is 4.79 Å². The number of alkyl halides is 3. The van der Waals surface area contributed by atoms with Gasteiger partial charge in [-0.1, -0.05) is 0 Å². The number of hydrogen-bond donors (Lipinski definition) is 1. The molecular weight excluding hydrogens is 321 g/mol. The number of nitrogens with zero attached hydrogens (tertiary/aromatic N) is 1. The Labute approximate surface area is 129 Å². The fourth-order valence-electron chi connectivity index (χ4n) is 2.08. The van der Waals surface area contributed by atoms with Crippen LogP contribution in [-0.2, 0) is 20.9 Å². The van der Waals surface area contributed by atoms with Gasteiger partial charge in [0, 0.05) is 18.4 Å². The van der Waals surface area contributed by atoms with Gasteiger partial charge in [0.1, 0.15) is 6.10 Å². The van der Waals surface area contributed by atoms with E-state index in [0.717, 1.165) is 5.69 Å². The summed E-state index contributed by atoms with van der Waals surface area (Å²) < 4.78 is 47.3. The molecule has 0 unspecified atom stereocenters. The van der Waals surface area contributed by atoms with E-state index in [9.17, 15) is 18.0 Å². The number of amides is 1. The molecule has 0 spiro atoms. The fourth-order valence-corrected chi connectivity index (χ4v) is 2.62. The molecule has 2 rings (SSSR count). The van der Waals surface area contributed by atoms with Crippen molar-refractivity contribution in [2.24, 2.45) is 0 Å². The first-order valence-electron chi connectivity index (χ1n) is 6.86. The van der Waals surface area contributed by atoms with Crippen molar-refractivity contribution in [3.63, 3.8) is 0 Å². The molecule has 0 aromatic carbocycles. The number of carbonyl (C=O) groups is 1. The standard InChI is InChI=1S/C13H17F3N2O3S/c14-13(15,16)3-1-12(19)18-10-2-4-20-6-11(10)21-5-9-7-22-8-17-9/h7-8,10-11H,1-6H2,(H,18,19)/t10-,11-/m1/s1. The quantitative estimate of drug-likeness (QED) is 0.864. The van der Waals surface area contributed by atoms with Crippen LogP contribution in [0.25, 0.3) is 0 Å². The maximum Gasteiger partial charge on any atom is 0.389 e. The molecule has 1 aliphatic rings. The summed E-state index contributed by atoms with van der Waals surface area (Å²) in [4.78, 5) is 15.7. The van der Waals surface area contributed by atoms with E-state index in [1.807, 2.05) is 5.38 Å². The summed E-state index contributed by atoms with van der Waals surface area (Å²) in [5.74, 6) is -0.619. The van der Waals surface area contributed by atoms with Gasteiger partial charge >= 0.3 is 6.18 Å². The predicted molar refractivity (Wildman–Crippen MR) is 73.3 cm³/mol. The van der Waals surface area contributed by atoms with Crippen molar-refractivity contribution in [3.8, 4) is 0 Å². The molecule has 9 heteroatoms. The zero-order chi connectivity index (χ0) is 16.0. The van der Waals surface area contributed by atoms with Crippen LogP contribution in [0.15, 0.2) is 10.9 Å². The van der Waals surface area contributed by atoms with Crippen molar-refractivity contribution in [3.05, 3.63) is 16.6 Å². The van der Waals surface area contributed by atoms with Crippen LogP contribution in [-0.4, -0.2) is 42.4 Å². The minimum absolute atomic E-state index is 0.284. The molecule has 1 N–H and O–H groups in total. The van der Waals surface area contributed by atoms with Gasteiger partial charge in [-0.05, 0) is 6.42 Å². The third-order valence-corrected chi connectivity index (χ3v) is 3.85. The Balaban J connectivity index is 1.80. The zero-order valence-corrected chi connectivity index (χ0v) is 12.6. The van der Waals surface area contributed by atoms with E-state index in [1.165, 1.54) is 11.3 Å². The highest BCUT2D eigenvalue weighted by molar-refractivity contribution is 7.07. The lowest BCUT2D eigenvalue weighted by Gasteiger charge is -2.32. The zero-order valence-electron chi connectivity index (χ0n) is 11.8. The summed E-state index contributed by atoms with van der Waals surface area (Å²) in [6.45, 7) is 1.03. The molecule has 22 heavy (non-hydrogen) atoms. The molecule has 0 bridgehead atoms. The second-order valence-corrected chi connectivity index (χ2v) is 5.70. The molecule has 1 amide bonds. The molecule has 0 saturated carbocycles. The Hall–Kier alpha value is -1.19. The Morgan fingerprint density at radius 1 is 1.55 bits per heavy atom. The second-order valence-electron chi connectivity index (χ2n) is 4.98. The van der Waals surface area contributed by atoms with Gasteiger partial charge < -0.3 is 14.8 Å². The minimum Gasteiger partial charge on any atom is -0.379 e. The first kappa shape index (κ1) is 17.2. The van der Waals surface area contributed by atoms with E-state index in [4.69, 9.17) is 9.47 Å². The van der Waals surface area contributed by atoms with Crippen LogP contribution in [0.3, 0.4) is 0 Å². The lowest BCUT2D eigenvalue weighted by Crippen LogP contribution is -2.50. The highest BCUT2D eigenvalue weighted by atomic mass is 32.1. The van der Waals surface area contributed by atoms with Crippen molar-refractivity contribution in [1.29, 1.82) is 0 Å². The Bertz CT molecular complexity index is 468. The maximum absolute atomic E-state index is 12.1. The van der Waals surface area contributed by atoms with Crippen LogP contribution in [0.1, 0.15) is 25.0 Å². The van der Waals surface area contributed by atoms with Gasteiger partial charge in [0.25, 0.3) is 0 Å². The van der Waals surface area contributed by atoms with Crippen LogP contribution in [0.5, 0.6) is 0 Å². The van der Waals surface area contributed by atoms with Gasteiger partial charge in [-0.25, -0.2) is 4.98 Å².